The van der Waals surface area contributed by atoms with Gasteiger partial charge in [-0.15, -0.1) is 0 Å². The Morgan fingerprint density at radius 1 is 1.05 bits per heavy atom. The molecule has 0 saturated heterocycles. The number of hydrogen-bond acceptors (Lipinski definition) is 2. The maximum Gasteiger partial charge on any atom is 0.119 e. The maximum absolute atomic E-state index is 5.93. The van der Waals surface area contributed by atoms with Crippen LogP contribution in [0.4, 0.5) is 0 Å². The van der Waals surface area contributed by atoms with Crippen molar-refractivity contribution in [2.24, 2.45) is 5.92 Å². The van der Waals surface area contributed by atoms with Gasteiger partial charge in [0.25, 0.3) is 0 Å². The fourth-order valence-corrected chi connectivity index (χ4v) is 2.13. The first-order valence-electron chi connectivity index (χ1n) is 8.04. The lowest BCUT2D eigenvalue weighted by Gasteiger charge is -2.22. The normalized spacial score (nSPS) is 14.3. The smallest absolute Gasteiger partial charge is 0.119 e. The molecule has 1 N–H and O–H groups in total. The first-order chi connectivity index (χ1) is 9.58. The minimum absolute atomic E-state index is 0.421. The molecule has 1 rings (SSSR count). The first-order valence-corrected chi connectivity index (χ1v) is 8.04. The number of rotatable bonds is 9. The zero-order chi connectivity index (χ0) is 15.0. The van der Waals surface area contributed by atoms with Crippen molar-refractivity contribution in [1.82, 2.24) is 5.32 Å². The fourth-order valence-electron chi connectivity index (χ4n) is 2.13. The quantitative estimate of drug-likeness (QED) is 0.712. The van der Waals surface area contributed by atoms with E-state index in [0.29, 0.717) is 17.9 Å². The molecule has 0 spiro atoms. The van der Waals surface area contributed by atoms with Gasteiger partial charge in [-0.25, -0.2) is 0 Å². The molecule has 0 aliphatic rings. The van der Waals surface area contributed by atoms with Crippen molar-refractivity contribution in [3.63, 3.8) is 0 Å². The molecule has 2 heteroatoms. The zero-order valence-corrected chi connectivity index (χ0v) is 13.8. The van der Waals surface area contributed by atoms with Crippen molar-refractivity contribution in [3.05, 3.63) is 29.8 Å². The summed E-state index contributed by atoms with van der Waals surface area (Å²) in [6.07, 6.45) is 2.34. The Labute approximate surface area is 124 Å². The molecule has 1 aromatic carbocycles. The van der Waals surface area contributed by atoms with Crippen molar-refractivity contribution in [1.29, 1.82) is 0 Å². The van der Waals surface area contributed by atoms with Gasteiger partial charge in [0.2, 0.25) is 0 Å². The summed E-state index contributed by atoms with van der Waals surface area (Å²) in [5, 5.41) is 3.55. The van der Waals surface area contributed by atoms with Crippen LogP contribution < -0.4 is 10.1 Å². The second-order valence-electron chi connectivity index (χ2n) is 5.99. The van der Waals surface area contributed by atoms with E-state index in [2.05, 4.69) is 64.2 Å². The summed E-state index contributed by atoms with van der Waals surface area (Å²) in [6.45, 7) is 12.9. The molecular weight excluding hydrogens is 246 g/mol. The van der Waals surface area contributed by atoms with Crippen molar-refractivity contribution < 1.29 is 4.74 Å². The molecule has 2 atom stereocenters. The second kappa shape index (κ2) is 9.02. The van der Waals surface area contributed by atoms with Crippen LogP contribution in [-0.2, 0) is 0 Å². The van der Waals surface area contributed by atoms with Crippen LogP contribution in [0.5, 0.6) is 5.75 Å². The topological polar surface area (TPSA) is 21.3 Å². The van der Waals surface area contributed by atoms with E-state index in [1.807, 2.05) is 0 Å². The summed E-state index contributed by atoms with van der Waals surface area (Å²) in [4.78, 5) is 0. The van der Waals surface area contributed by atoms with Gasteiger partial charge < -0.3 is 10.1 Å². The average Bonchev–Trinajstić information content (AvgIpc) is 2.46. The van der Waals surface area contributed by atoms with Gasteiger partial charge in [0.05, 0.1) is 0 Å². The molecule has 2 nitrogen and oxygen atoms in total. The minimum Gasteiger partial charge on any atom is -0.492 e. The number of ether oxygens (including phenoxy) is 1. The van der Waals surface area contributed by atoms with Crippen LogP contribution in [0.1, 0.15) is 58.9 Å². The monoisotopic (exact) mass is 277 g/mol. The molecular formula is C18H31NO. The van der Waals surface area contributed by atoms with Gasteiger partial charge in [-0.1, -0.05) is 46.8 Å². The van der Waals surface area contributed by atoms with Gasteiger partial charge in [0.1, 0.15) is 12.4 Å². The molecule has 0 saturated carbocycles. The summed E-state index contributed by atoms with van der Waals surface area (Å²) in [7, 11) is 0. The Balaban J connectivity index is 2.51. The van der Waals surface area contributed by atoms with Gasteiger partial charge in [-0.2, -0.15) is 0 Å². The molecule has 0 amide bonds. The molecule has 0 aliphatic heterocycles. The molecule has 0 aliphatic carbocycles. The SMILES string of the molecule is CCCNC(COc1ccc(C(C)CC)cc1)C(C)C. The van der Waals surface area contributed by atoms with Crippen LogP contribution in [0.15, 0.2) is 24.3 Å². The third-order valence-corrected chi connectivity index (χ3v) is 3.95. The summed E-state index contributed by atoms with van der Waals surface area (Å²) < 4.78 is 5.93. The van der Waals surface area contributed by atoms with Crippen LogP contribution >= 0.6 is 0 Å². The molecule has 20 heavy (non-hydrogen) atoms. The standard InChI is InChI=1S/C18H31NO/c1-6-12-19-18(14(3)4)13-20-17-10-8-16(9-11-17)15(5)7-2/h8-11,14-15,18-19H,6-7,12-13H2,1-5H3. The molecule has 114 valence electrons. The van der Waals surface area contributed by atoms with Crippen LogP contribution in [0.2, 0.25) is 0 Å². The molecule has 1 aromatic rings. The summed E-state index contributed by atoms with van der Waals surface area (Å²) in [5.41, 5.74) is 1.39. The third-order valence-electron chi connectivity index (χ3n) is 3.95. The predicted molar refractivity (Wildman–Crippen MR) is 87.6 cm³/mol. The first kappa shape index (κ1) is 17.0. The number of nitrogens with one attached hydrogen (secondary N) is 1. The lowest BCUT2D eigenvalue weighted by atomic mass is 9.99. The van der Waals surface area contributed by atoms with Gasteiger partial charge in [-0.05, 0) is 48.9 Å². The number of hydrogen-bond donors (Lipinski definition) is 1. The van der Waals surface area contributed by atoms with Crippen molar-refractivity contribution in [3.8, 4) is 5.75 Å². The molecule has 0 bridgehead atoms. The van der Waals surface area contributed by atoms with E-state index in [0.717, 1.165) is 25.3 Å². The van der Waals surface area contributed by atoms with E-state index in [-0.39, 0.29) is 0 Å². The van der Waals surface area contributed by atoms with E-state index in [1.165, 1.54) is 12.0 Å². The summed E-state index contributed by atoms with van der Waals surface area (Å²) in [6, 6.07) is 8.99. The highest BCUT2D eigenvalue weighted by atomic mass is 16.5. The van der Waals surface area contributed by atoms with Crippen molar-refractivity contribution in [2.75, 3.05) is 13.2 Å². The Morgan fingerprint density at radius 2 is 1.70 bits per heavy atom. The van der Waals surface area contributed by atoms with Crippen LogP contribution in [-0.4, -0.2) is 19.2 Å². The Bertz CT molecular complexity index is 358. The maximum atomic E-state index is 5.93. The minimum atomic E-state index is 0.421. The van der Waals surface area contributed by atoms with E-state index in [1.54, 1.807) is 0 Å². The van der Waals surface area contributed by atoms with Gasteiger partial charge in [0, 0.05) is 6.04 Å². The number of benzene rings is 1. The second-order valence-corrected chi connectivity index (χ2v) is 5.99. The summed E-state index contributed by atoms with van der Waals surface area (Å²) >= 11 is 0. The van der Waals surface area contributed by atoms with E-state index >= 15 is 0 Å². The van der Waals surface area contributed by atoms with E-state index in [9.17, 15) is 0 Å². The van der Waals surface area contributed by atoms with Crippen LogP contribution in [0.25, 0.3) is 0 Å². The highest BCUT2D eigenvalue weighted by Crippen LogP contribution is 2.21. The van der Waals surface area contributed by atoms with Crippen molar-refractivity contribution in [2.45, 2.75) is 59.4 Å². The van der Waals surface area contributed by atoms with Gasteiger partial charge in [0.15, 0.2) is 0 Å². The molecule has 0 heterocycles. The van der Waals surface area contributed by atoms with Gasteiger partial charge >= 0.3 is 0 Å². The largest absolute Gasteiger partial charge is 0.492 e. The van der Waals surface area contributed by atoms with Crippen LogP contribution in [0.3, 0.4) is 0 Å². The van der Waals surface area contributed by atoms with Gasteiger partial charge in [-0.3, -0.25) is 0 Å². The Morgan fingerprint density at radius 3 is 2.20 bits per heavy atom. The third kappa shape index (κ3) is 5.54. The lowest BCUT2D eigenvalue weighted by Crippen LogP contribution is -2.39. The lowest BCUT2D eigenvalue weighted by molar-refractivity contribution is 0.230. The molecule has 0 aromatic heterocycles. The van der Waals surface area contributed by atoms with Crippen molar-refractivity contribution >= 4 is 0 Å². The highest BCUT2D eigenvalue weighted by molar-refractivity contribution is 5.29. The van der Waals surface area contributed by atoms with E-state index in [4.69, 9.17) is 4.74 Å². The zero-order valence-electron chi connectivity index (χ0n) is 13.8. The summed E-state index contributed by atoms with van der Waals surface area (Å²) in [5.74, 6) is 2.18. The van der Waals surface area contributed by atoms with E-state index < -0.39 is 0 Å². The Hall–Kier alpha value is -1.02. The average molecular weight is 277 g/mol. The van der Waals surface area contributed by atoms with Crippen LogP contribution in [0, 0.1) is 5.92 Å². The molecule has 0 fully saturated rings. The Kier molecular flexibility index (Phi) is 7.68. The molecule has 0 radical (unpaired) electrons. The molecule has 2 unspecified atom stereocenters. The predicted octanol–water partition coefficient (Wildman–Crippen LogP) is 4.60. The fraction of sp³-hybridized carbons (Fsp3) is 0.667. The highest BCUT2D eigenvalue weighted by Gasteiger charge is 2.13.